The fourth-order valence-electron chi connectivity index (χ4n) is 1.34. The summed E-state index contributed by atoms with van der Waals surface area (Å²) in [5.74, 6) is 0. The van der Waals surface area contributed by atoms with Crippen molar-refractivity contribution in [1.82, 2.24) is 0 Å². The molecule has 0 aromatic heterocycles. The molecule has 1 unspecified atom stereocenters. The van der Waals surface area contributed by atoms with Crippen LogP contribution in [-0.4, -0.2) is 16.9 Å². The van der Waals surface area contributed by atoms with E-state index in [0.717, 1.165) is 5.56 Å². The molecule has 0 fully saturated rings. The molecule has 0 heterocycles. The Bertz CT molecular complexity index is 339. The molecule has 1 aromatic rings. The van der Waals surface area contributed by atoms with Gasteiger partial charge in [-0.05, 0) is 0 Å². The first kappa shape index (κ1) is 16.7. The van der Waals surface area contributed by atoms with Gasteiger partial charge >= 0.3 is 118 Å². The van der Waals surface area contributed by atoms with Crippen molar-refractivity contribution in [2.24, 2.45) is 0 Å². The van der Waals surface area contributed by atoms with E-state index in [9.17, 15) is 3.69 Å². The van der Waals surface area contributed by atoms with E-state index < -0.39 is 24.2 Å². The van der Waals surface area contributed by atoms with Gasteiger partial charge in [0.2, 0.25) is 0 Å². The summed E-state index contributed by atoms with van der Waals surface area (Å²) in [4.78, 5) is 9.47. The van der Waals surface area contributed by atoms with E-state index in [4.69, 9.17) is 20.0 Å². The summed E-state index contributed by atoms with van der Waals surface area (Å²) in [6.07, 6.45) is -0.396. The van der Waals surface area contributed by atoms with Crippen LogP contribution in [0.1, 0.15) is 32.4 Å². The molecule has 0 saturated carbocycles. The van der Waals surface area contributed by atoms with Gasteiger partial charge < -0.3 is 0 Å². The van der Waals surface area contributed by atoms with Crippen molar-refractivity contribution < 1.29 is 41.9 Å². The molecule has 0 amide bonds. The van der Waals surface area contributed by atoms with Gasteiger partial charge in [-0.15, -0.1) is 0 Å². The summed E-state index contributed by atoms with van der Waals surface area (Å²) in [6, 6.07) is 9.43. The average Bonchev–Trinajstić information content (AvgIpc) is 2.44. The molecule has 1 atom stereocenters. The molecule has 0 spiro atoms. The molecule has 0 saturated heterocycles. The Hall–Kier alpha value is -0.306. The molecular formula is C12H20O6Ti. The zero-order valence-electron chi connectivity index (χ0n) is 11.4. The van der Waals surface area contributed by atoms with Crippen molar-refractivity contribution in [2.75, 3.05) is 13.2 Å². The number of benzene rings is 1. The second kappa shape index (κ2) is 8.78. The van der Waals surface area contributed by atoms with Gasteiger partial charge in [0, 0.05) is 0 Å². The van der Waals surface area contributed by atoms with Crippen LogP contribution in [0.3, 0.4) is 0 Å². The maximum atomic E-state index is 10.2. The van der Waals surface area contributed by atoms with Gasteiger partial charge in [0.05, 0.1) is 0 Å². The van der Waals surface area contributed by atoms with Crippen LogP contribution in [0.2, 0.25) is 0 Å². The summed E-state index contributed by atoms with van der Waals surface area (Å²) >= 11 is -4.53. The third-order valence-corrected chi connectivity index (χ3v) is 4.20. The molecule has 1 aromatic carbocycles. The van der Waals surface area contributed by atoms with Crippen LogP contribution in [0.25, 0.3) is 0 Å². The van der Waals surface area contributed by atoms with Crippen molar-refractivity contribution in [3.05, 3.63) is 35.9 Å². The van der Waals surface area contributed by atoms with Gasteiger partial charge in [-0.2, -0.15) is 0 Å². The Kier molecular flexibility index (Phi) is 7.74. The molecule has 1 N–H and O–H groups in total. The summed E-state index contributed by atoms with van der Waals surface area (Å²) in [5, 5.41) is 0. The molecule has 1 rings (SSSR count). The Balaban J connectivity index is 2.65. The number of rotatable bonds is 9. The number of hydrogen-bond acceptors (Lipinski definition) is 6. The van der Waals surface area contributed by atoms with Gasteiger partial charge in [-0.1, -0.05) is 0 Å². The van der Waals surface area contributed by atoms with Crippen molar-refractivity contribution in [2.45, 2.75) is 26.9 Å². The van der Waals surface area contributed by atoms with E-state index >= 15 is 0 Å². The molecule has 0 aliphatic rings. The van der Waals surface area contributed by atoms with Crippen LogP contribution in [0.4, 0.5) is 0 Å². The second-order valence-corrected chi connectivity index (χ2v) is 6.20. The van der Waals surface area contributed by atoms with E-state index in [1.54, 1.807) is 20.8 Å². The minimum absolute atomic E-state index is 0.270. The minimum atomic E-state index is -4.53. The van der Waals surface area contributed by atoms with Crippen molar-refractivity contribution in [3.63, 3.8) is 0 Å². The Labute approximate surface area is 118 Å². The van der Waals surface area contributed by atoms with E-state index in [1.165, 1.54) is 0 Å². The molecule has 19 heavy (non-hydrogen) atoms. The van der Waals surface area contributed by atoms with Gasteiger partial charge in [-0.25, -0.2) is 0 Å². The SMILES string of the molecule is CCO[O][Ti]([OH])([O]OCC)[O]C(C)c1ccccc1. The fourth-order valence-corrected chi connectivity index (χ4v) is 3.24. The molecular weight excluding hydrogens is 288 g/mol. The van der Waals surface area contributed by atoms with Gasteiger partial charge in [0.25, 0.3) is 0 Å². The van der Waals surface area contributed by atoms with Crippen molar-refractivity contribution in [1.29, 1.82) is 0 Å². The van der Waals surface area contributed by atoms with Crippen LogP contribution >= 0.6 is 0 Å². The molecule has 0 bridgehead atoms. The molecule has 7 heteroatoms. The predicted molar refractivity (Wildman–Crippen MR) is 63.6 cm³/mol. The van der Waals surface area contributed by atoms with E-state index in [2.05, 4.69) is 0 Å². The molecule has 0 aliphatic carbocycles. The molecule has 0 aliphatic heterocycles. The topological polar surface area (TPSA) is 66.4 Å². The van der Waals surface area contributed by atoms with Gasteiger partial charge in [0.15, 0.2) is 0 Å². The van der Waals surface area contributed by atoms with Crippen molar-refractivity contribution >= 4 is 0 Å². The average molecular weight is 308 g/mol. The summed E-state index contributed by atoms with van der Waals surface area (Å²) in [6.45, 7) is 5.78. The summed E-state index contributed by atoms with van der Waals surface area (Å²) in [7, 11) is 0. The van der Waals surface area contributed by atoms with Gasteiger partial charge in [0.1, 0.15) is 0 Å². The van der Waals surface area contributed by atoms with E-state index in [0.29, 0.717) is 0 Å². The Morgan fingerprint density at radius 1 is 1.05 bits per heavy atom. The van der Waals surface area contributed by atoms with Crippen LogP contribution in [0.5, 0.6) is 0 Å². The normalized spacial score (nSPS) is 13.5. The third kappa shape index (κ3) is 6.12. The monoisotopic (exact) mass is 308 g/mol. The van der Waals surface area contributed by atoms with Gasteiger partial charge in [-0.3, -0.25) is 0 Å². The van der Waals surface area contributed by atoms with Crippen LogP contribution < -0.4 is 0 Å². The summed E-state index contributed by atoms with van der Waals surface area (Å²) in [5.41, 5.74) is 0.895. The zero-order valence-corrected chi connectivity index (χ0v) is 12.9. The fraction of sp³-hybridized carbons (Fsp3) is 0.500. The second-order valence-electron chi connectivity index (χ2n) is 3.67. The maximum absolute atomic E-state index is 10.2. The standard InChI is InChI=1S/C8H9O.2C2H6O2.H2O.Ti/c1-7(9)8-5-3-2-4-6-8;2*1-2-4-3;;/h2-7H,1H3;2*3H,2H2,1H3;1H2;/q-1;;;;+4/p-3. The van der Waals surface area contributed by atoms with E-state index in [-0.39, 0.29) is 13.2 Å². The van der Waals surface area contributed by atoms with Crippen molar-refractivity contribution in [3.8, 4) is 0 Å². The van der Waals surface area contributed by atoms with Crippen LogP contribution in [0.15, 0.2) is 30.3 Å². The van der Waals surface area contributed by atoms with E-state index in [1.807, 2.05) is 30.3 Å². The van der Waals surface area contributed by atoms with Crippen LogP contribution in [-0.2, 0) is 38.2 Å². The van der Waals surface area contributed by atoms with Crippen LogP contribution in [0, 0.1) is 0 Å². The first-order valence-electron chi connectivity index (χ1n) is 6.17. The first-order chi connectivity index (χ1) is 9.11. The predicted octanol–water partition coefficient (Wildman–Crippen LogP) is 2.51. The Morgan fingerprint density at radius 3 is 2.05 bits per heavy atom. The molecule has 0 radical (unpaired) electrons. The molecule has 108 valence electrons. The number of hydrogen-bond donors (Lipinski definition) is 1. The Morgan fingerprint density at radius 2 is 1.58 bits per heavy atom. The zero-order chi connectivity index (χ0) is 14.1. The molecule has 6 nitrogen and oxygen atoms in total. The third-order valence-electron chi connectivity index (χ3n) is 2.16. The first-order valence-corrected chi connectivity index (χ1v) is 8.78. The summed E-state index contributed by atoms with van der Waals surface area (Å²) < 4.78 is 25.3. The quantitative estimate of drug-likeness (QED) is 0.429.